The second-order valence-electron chi connectivity index (χ2n) is 2.78. The van der Waals surface area contributed by atoms with Crippen molar-refractivity contribution in [2.75, 3.05) is 19.8 Å². The minimum Gasteiger partial charge on any atom is -0.374 e. The zero-order valence-corrected chi connectivity index (χ0v) is 7.84. The van der Waals surface area contributed by atoms with Gasteiger partial charge in [-0.25, -0.2) is 0 Å². The van der Waals surface area contributed by atoms with E-state index in [1.54, 1.807) is 0 Å². The van der Waals surface area contributed by atoms with Crippen LogP contribution in [0.15, 0.2) is 0 Å². The highest BCUT2D eigenvalue weighted by Gasteiger charge is 1.99. The van der Waals surface area contributed by atoms with E-state index in [1.165, 1.54) is 0 Å². The Hall–Kier alpha value is -0.410. The van der Waals surface area contributed by atoms with E-state index in [2.05, 4.69) is 0 Å². The average Bonchev–Trinajstić information content (AvgIpc) is 2.09. The van der Waals surface area contributed by atoms with E-state index in [1.807, 2.05) is 6.92 Å². The molecule has 0 fully saturated rings. The molecule has 0 atom stereocenters. The molecule has 0 amide bonds. The summed E-state index contributed by atoms with van der Waals surface area (Å²) in [6.07, 6.45) is 3.65. The summed E-state index contributed by atoms with van der Waals surface area (Å²) in [5, 5.41) is 0. The Morgan fingerprint density at radius 2 is 2.00 bits per heavy atom. The predicted octanol–water partition coefficient (Wildman–Crippen LogP) is 1.75. The van der Waals surface area contributed by atoms with Crippen molar-refractivity contribution >= 4 is 5.78 Å². The van der Waals surface area contributed by atoms with Crippen molar-refractivity contribution in [3.8, 4) is 0 Å². The lowest BCUT2D eigenvalue weighted by molar-refractivity contribution is -0.123. The fourth-order valence-corrected chi connectivity index (χ4v) is 0.931. The Bertz CT molecular complexity index is 115. The molecular formula is C10H23NO2. The first kappa shape index (κ1) is 15.1. The van der Waals surface area contributed by atoms with Crippen molar-refractivity contribution in [2.45, 2.75) is 40.0 Å². The Labute approximate surface area is 81.6 Å². The van der Waals surface area contributed by atoms with Gasteiger partial charge < -0.3 is 10.5 Å². The van der Waals surface area contributed by atoms with Crippen LogP contribution in [0.2, 0.25) is 0 Å². The summed E-state index contributed by atoms with van der Waals surface area (Å²) in [7, 11) is 0. The van der Waals surface area contributed by atoms with Gasteiger partial charge in [0.15, 0.2) is 5.78 Å². The summed E-state index contributed by atoms with van der Waals surface area (Å²) in [4.78, 5) is 11.0. The lowest BCUT2D eigenvalue weighted by Crippen LogP contribution is -2.08. The van der Waals surface area contributed by atoms with Crippen LogP contribution in [0, 0.1) is 0 Å². The van der Waals surface area contributed by atoms with Gasteiger partial charge >= 0.3 is 0 Å². The van der Waals surface area contributed by atoms with Crippen molar-refractivity contribution < 1.29 is 9.53 Å². The van der Waals surface area contributed by atoms with Crippen molar-refractivity contribution in [1.82, 2.24) is 0 Å². The number of rotatable bonds is 8. The minimum absolute atomic E-state index is 0. The third kappa shape index (κ3) is 11.6. The average molecular weight is 189 g/mol. The van der Waals surface area contributed by atoms with Gasteiger partial charge in [0.1, 0.15) is 6.61 Å². The lowest BCUT2D eigenvalue weighted by Gasteiger charge is -2.00. The summed E-state index contributed by atoms with van der Waals surface area (Å²) < 4.78 is 4.98. The predicted molar refractivity (Wildman–Crippen MR) is 55.8 cm³/mol. The number of hydrogen-bond donors (Lipinski definition) is 1. The molecule has 0 radical (unpaired) electrons. The largest absolute Gasteiger partial charge is 0.374 e. The first-order valence-corrected chi connectivity index (χ1v) is 4.60. The maximum atomic E-state index is 11.0. The second-order valence-corrected chi connectivity index (χ2v) is 2.78. The van der Waals surface area contributed by atoms with Crippen molar-refractivity contribution in [3.63, 3.8) is 0 Å². The van der Waals surface area contributed by atoms with Crippen LogP contribution in [-0.2, 0) is 9.53 Å². The molecule has 2 N–H and O–H groups in total. The molecule has 0 rings (SSSR count). The third-order valence-electron chi connectivity index (χ3n) is 1.63. The molecule has 0 aromatic carbocycles. The molecule has 0 bridgehead atoms. The van der Waals surface area contributed by atoms with E-state index >= 15 is 0 Å². The lowest BCUT2D eigenvalue weighted by atomic mass is 10.1. The second kappa shape index (κ2) is 11.6. The Morgan fingerprint density at radius 1 is 1.31 bits per heavy atom. The molecule has 0 spiro atoms. The SMILES string of the molecule is C.CCOCC(=O)CCCCCN. The van der Waals surface area contributed by atoms with E-state index in [0.717, 1.165) is 25.8 Å². The van der Waals surface area contributed by atoms with Crippen LogP contribution in [0.25, 0.3) is 0 Å². The van der Waals surface area contributed by atoms with Crippen LogP contribution in [-0.4, -0.2) is 25.5 Å². The summed E-state index contributed by atoms with van der Waals surface area (Å²) in [6.45, 7) is 3.51. The van der Waals surface area contributed by atoms with Gasteiger partial charge in [0.25, 0.3) is 0 Å². The van der Waals surface area contributed by atoms with Gasteiger partial charge in [-0.1, -0.05) is 13.8 Å². The fourth-order valence-electron chi connectivity index (χ4n) is 0.931. The number of unbranched alkanes of at least 4 members (excludes halogenated alkanes) is 2. The molecule has 0 aromatic rings. The Kier molecular flexibility index (Phi) is 13.4. The van der Waals surface area contributed by atoms with E-state index in [0.29, 0.717) is 13.0 Å². The molecule has 0 saturated heterocycles. The smallest absolute Gasteiger partial charge is 0.158 e. The number of ether oxygens (including phenoxy) is 1. The van der Waals surface area contributed by atoms with Crippen LogP contribution in [0.1, 0.15) is 40.0 Å². The molecule has 3 nitrogen and oxygen atoms in total. The number of ketones is 1. The molecule has 0 aromatic heterocycles. The monoisotopic (exact) mass is 189 g/mol. The van der Waals surface area contributed by atoms with E-state index in [-0.39, 0.29) is 19.8 Å². The van der Waals surface area contributed by atoms with Crippen molar-refractivity contribution in [1.29, 1.82) is 0 Å². The molecular weight excluding hydrogens is 166 g/mol. The summed E-state index contributed by atoms with van der Waals surface area (Å²) in [6, 6.07) is 0. The first-order valence-electron chi connectivity index (χ1n) is 4.60. The number of carbonyl (C=O) groups is 1. The molecule has 13 heavy (non-hydrogen) atoms. The quantitative estimate of drug-likeness (QED) is 0.592. The standard InChI is InChI=1S/C9H19NO2.CH4/c1-2-12-8-9(11)6-4-3-5-7-10;/h2-8,10H2,1H3;1H4. The van der Waals surface area contributed by atoms with Gasteiger partial charge in [0, 0.05) is 13.0 Å². The Balaban J connectivity index is 0. The number of carbonyl (C=O) groups excluding carboxylic acids is 1. The summed E-state index contributed by atoms with van der Waals surface area (Å²) >= 11 is 0. The van der Waals surface area contributed by atoms with Crippen LogP contribution < -0.4 is 5.73 Å². The van der Waals surface area contributed by atoms with Gasteiger partial charge in [-0.15, -0.1) is 0 Å². The van der Waals surface area contributed by atoms with E-state index in [4.69, 9.17) is 10.5 Å². The summed E-state index contributed by atoms with van der Waals surface area (Å²) in [5.74, 6) is 0.203. The number of hydrogen-bond acceptors (Lipinski definition) is 3. The van der Waals surface area contributed by atoms with Gasteiger partial charge in [-0.2, -0.15) is 0 Å². The van der Waals surface area contributed by atoms with E-state index in [9.17, 15) is 4.79 Å². The fraction of sp³-hybridized carbons (Fsp3) is 0.900. The van der Waals surface area contributed by atoms with Crippen LogP contribution in [0.4, 0.5) is 0 Å². The molecule has 0 aliphatic carbocycles. The minimum atomic E-state index is 0. The Morgan fingerprint density at radius 3 is 2.54 bits per heavy atom. The van der Waals surface area contributed by atoms with E-state index < -0.39 is 0 Å². The van der Waals surface area contributed by atoms with Crippen LogP contribution in [0.3, 0.4) is 0 Å². The van der Waals surface area contributed by atoms with Crippen LogP contribution in [0.5, 0.6) is 0 Å². The maximum Gasteiger partial charge on any atom is 0.158 e. The van der Waals surface area contributed by atoms with Gasteiger partial charge in [0.2, 0.25) is 0 Å². The third-order valence-corrected chi connectivity index (χ3v) is 1.63. The molecule has 0 aliphatic heterocycles. The number of nitrogens with two attached hydrogens (primary N) is 1. The highest BCUT2D eigenvalue weighted by Crippen LogP contribution is 1.99. The normalized spacial score (nSPS) is 9.38. The van der Waals surface area contributed by atoms with Crippen molar-refractivity contribution in [2.24, 2.45) is 5.73 Å². The van der Waals surface area contributed by atoms with Gasteiger partial charge in [-0.05, 0) is 26.3 Å². The first-order chi connectivity index (χ1) is 5.81. The zero-order chi connectivity index (χ0) is 9.23. The highest BCUT2D eigenvalue weighted by atomic mass is 16.5. The van der Waals surface area contributed by atoms with Crippen molar-refractivity contribution in [3.05, 3.63) is 0 Å². The molecule has 0 unspecified atom stereocenters. The zero-order valence-electron chi connectivity index (χ0n) is 7.84. The van der Waals surface area contributed by atoms with Gasteiger partial charge in [0.05, 0.1) is 0 Å². The molecule has 0 aliphatic rings. The molecule has 3 heteroatoms. The topological polar surface area (TPSA) is 52.3 Å². The maximum absolute atomic E-state index is 11.0. The number of Topliss-reactive ketones (excluding diaryl/α,β-unsaturated/α-hetero) is 1. The van der Waals surface area contributed by atoms with Crippen LogP contribution >= 0.6 is 0 Å². The summed E-state index contributed by atoms with van der Waals surface area (Å²) in [5.41, 5.74) is 5.32. The molecule has 80 valence electrons. The highest BCUT2D eigenvalue weighted by molar-refractivity contribution is 5.79. The van der Waals surface area contributed by atoms with Gasteiger partial charge in [-0.3, -0.25) is 4.79 Å². The molecule has 0 saturated carbocycles. The molecule has 0 heterocycles.